The van der Waals surface area contributed by atoms with Crippen molar-refractivity contribution in [2.24, 2.45) is 0 Å². The van der Waals surface area contributed by atoms with Gasteiger partial charge in [0.2, 0.25) is 0 Å². The molecule has 2 aromatic heterocycles. The van der Waals surface area contributed by atoms with Gasteiger partial charge in [-0.15, -0.1) is 0 Å². The van der Waals surface area contributed by atoms with Crippen LogP contribution in [0.5, 0.6) is 11.8 Å². The molecule has 4 heterocycles. The van der Waals surface area contributed by atoms with Gasteiger partial charge in [-0.3, -0.25) is 9.36 Å². The molecular formula is C24H27FN8O3. The normalized spacial score (nSPS) is 20.5. The number of likely N-dealkylation sites (N-methyl/N-ethyl adjacent to an activating group) is 1. The first-order chi connectivity index (χ1) is 17.5. The number of para-hydroxylation sites is 1. The van der Waals surface area contributed by atoms with Crippen molar-refractivity contribution in [3.8, 4) is 23.5 Å². The molecule has 12 heteroatoms. The molecule has 188 valence electrons. The van der Waals surface area contributed by atoms with Crippen LogP contribution in [0, 0.1) is 17.1 Å². The molecule has 0 saturated carbocycles. The van der Waals surface area contributed by atoms with Crippen molar-refractivity contribution in [1.82, 2.24) is 29.7 Å². The van der Waals surface area contributed by atoms with Gasteiger partial charge >= 0.3 is 6.01 Å². The van der Waals surface area contributed by atoms with Crippen LogP contribution in [0.1, 0.15) is 19.3 Å². The van der Waals surface area contributed by atoms with Crippen molar-refractivity contribution in [2.75, 3.05) is 44.7 Å². The minimum absolute atomic E-state index is 0.0302. The van der Waals surface area contributed by atoms with Crippen molar-refractivity contribution >= 4 is 16.9 Å². The van der Waals surface area contributed by atoms with Gasteiger partial charge < -0.3 is 25.0 Å². The topological polar surface area (TPSA) is 132 Å². The number of rotatable bonds is 6. The van der Waals surface area contributed by atoms with Gasteiger partial charge in [0, 0.05) is 31.7 Å². The fourth-order valence-electron chi connectivity index (χ4n) is 4.79. The lowest BCUT2D eigenvalue weighted by Gasteiger charge is -2.33. The summed E-state index contributed by atoms with van der Waals surface area (Å²) in [4.78, 5) is 31.1. The van der Waals surface area contributed by atoms with E-state index in [0.717, 1.165) is 30.0 Å². The zero-order valence-electron chi connectivity index (χ0n) is 19.9. The van der Waals surface area contributed by atoms with Crippen LogP contribution in [0.2, 0.25) is 0 Å². The average molecular weight is 495 g/mol. The molecule has 2 fully saturated rings. The van der Waals surface area contributed by atoms with E-state index in [9.17, 15) is 14.3 Å². The highest BCUT2D eigenvalue weighted by Gasteiger charge is 2.27. The third-order valence-electron chi connectivity index (χ3n) is 6.74. The Morgan fingerprint density at radius 2 is 2.17 bits per heavy atom. The second kappa shape index (κ2) is 10.0. The number of likely N-dealkylation sites (tertiary alicyclic amines) is 1. The maximum absolute atomic E-state index is 14.6. The summed E-state index contributed by atoms with van der Waals surface area (Å²) in [6.45, 7) is 3.05. The van der Waals surface area contributed by atoms with E-state index in [0.29, 0.717) is 38.5 Å². The highest BCUT2D eigenvalue weighted by molar-refractivity contribution is 5.85. The SMILES string of the molecule is CN1CCC[C@H]1COc1nc(N2CCN[C@@H](CC#N)C2)c2ncn(-c3c(O)cccc3F)c(=O)c2n1. The molecule has 2 aliphatic rings. The standard InChI is InChI=1S/C24H27FN8O3/c1-31-10-3-4-16(31)13-36-24-29-20-19(22(30-24)32-11-9-27-15(12-32)7-8-26)28-14-33(23(20)35)21-17(25)5-2-6-18(21)34/h2,5-6,14-16,27,34H,3-4,7,9-13H2,1H3/t15-,16-/m0/s1. The Labute approximate surface area is 206 Å². The molecule has 2 N–H and O–H groups in total. The average Bonchev–Trinajstić information content (AvgIpc) is 3.28. The summed E-state index contributed by atoms with van der Waals surface area (Å²) in [5.41, 5.74) is -0.760. The van der Waals surface area contributed by atoms with Crippen molar-refractivity contribution in [2.45, 2.75) is 31.3 Å². The number of nitrogens with zero attached hydrogens (tertiary/aromatic N) is 7. The first kappa shape index (κ1) is 23.9. The minimum Gasteiger partial charge on any atom is -0.506 e. The number of fused-ring (bicyclic) bond motifs is 1. The predicted octanol–water partition coefficient (Wildman–Crippen LogP) is 1.19. The van der Waals surface area contributed by atoms with Gasteiger partial charge in [-0.1, -0.05) is 6.07 Å². The van der Waals surface area contributed by atoms with Crippen molar-refractivity contribution in [1.29, 1.82) is 5.26 Å². The van der Waals surface area contributed by atoms with E-state index in [4.69, 9.17) is 10.00 Å². The van der Waals surface area contributed by atoms with E-state index < -0.39 is 17.1 Å². The summed E-state index contributed by atoms with van der Waals surface area (Å²) < 4.78 is 21.5. The zero-order valence-corrected chi connectivity index (χ0v) is 19.9. The van der Waals surface area contributed by atoms with Crippen LogP contribution < -0.4 is 20.5 Å². The van der Waals surface area contributed by atoms with Crippen LogP contribution in [0.4, 0.5) is 10.2 Å². The highest BCUT2D eigenvalue weighted by Crippen LogP contribution is 2.27. The van der Waals surface area contributed by atoms with Gasteiger partial charge in [-0.05, 0) is 38.6 Å². The molecule has 2 atom stereocenters. The maximum atomic E-state index is 14.6. The van der Waals surface area contributed by atoms with E-state index in [1.54, 1.807) is 0 Å². The number of ether oxygens (including phenoxy) is 1. The number of piperazine rings is 1. The number of nitrogens with one attached hydrogen (secondary N) is 1. The summed E-state index contributed by atoms with van der Waals surface area (Å²) in [6, 6.07) is 6.15. The van der Waals surface area contributed by atoms with Gasteiger partial charge in [0.05, 0.1) is 12.5 Å². The monoisotopic (exact) mass is 494 g/mol. The number of benzene rings is 1. The first-order valence-corrected chi connectivity index (χ1v) is 11.9. The molecule has 0 aliphatic carbocycles. The quantitative estimate of drug-likeness (QED) is 0.515. The first-order valence-electron chi connectivity index (χ1n) is 11.9. The number of phenols is 1. The smallest absolute Gasteiger partial charge is 0.319 e. The summed E-state index contributed by atoms with van der Waals surface area (Å²) in [5.74, 6) is -0.745. The van der Waals surface area contributed by atoms with E-state index in [-0.39, 0.29) is 34.8 Å². The Morgan fingerprint density at radius 3 is 2.92 bits per heavy atom. The summed E-state index contributed by atoms with van der Waals surface area (Å²) in [6.07, 6.45) is 3.56. The Morgan fingerprint density at radius 1 is 1.31 bits per heavy atom. The van der Waals surface area contributed by atoms with Crippen LogP contribution >= 0.6 is 0 Å². The molecule has 5 rings (SSSR count). The molecule has 2 saturated heterocycles. The van der Waals surface area contributed by atoms with Gasteiger partial charge in [-0.2, -0.15) is 15.2 Å². The Balaban J connectivity index is 1.60. The molecule has 36 heavy (non-hydrogen) atoms. The Kier molecular flexibility index (Phi) is 6.67. The number of anilines is 1. The zero-order chi connectivity index (χ0) is 25.2. The second-order valence-corrected chi connectivity index (χ2v) is 9.10. The number of aromatic nitrogens is 4. The van der Waals surface area contributed by atoms with Gasteiger partial charge in [0.15, 0.2) is 17.2 Å². The lowest BCUT2D eigenvalue weighted by Crippen LogP contribution is -2.51. The van der Waals surface area contributed by atoms with Crippen molar-refractivity contribution in [3.63, 3.8) is 0 Å². The minimum atomic E-state index is -0.769. The number of nitriles is 1. The van der Waals surface area contributed by atoms with Crippen LogP contribution in [0.15, 0.2) is 29.3 Å². The van der Waals surface area contributed by atoms with Gasteiger partial charge in [0.1, 0.15) is 29.9 Å². The van der Waals surface area contributed by atoms with Crippen LogP contribution in [-0.2, 0) is 0 Å². The van der Waals surface area contributed by atoms with Crippen LogP contribution in [0.3, 0.4) is 0 Å². The van der Waals surface area contributed by atoms with E-state index in [1.165, 1.54) is 18.5 Å². The fraction of sp³-hybridized carbons (Fsp3) is 0.458. The molecule has 1 aromatic carbocycles. The number of hydrogen-bond acceptors (Lipinski definition) is 10. The van der Waals surface area contributed by atoms with Crippen molar-refractivity contribution in [3.05, 3.63) is 40.7 Å². The largest absolute Gasteiger partial charge is 0.506 e. The molecule has 3 aromatic rings. The maximum Gasteiger partial charge on any atom is 0.319 e. The molecule has 0 amide bonds. The lowest BCUT2D eigenvalue weighted by atomic mass is 10.1. The van der Waals surface area contributed by atoms with E-state index >= 15 is 0 Å². The van der Waals surface area contributed by atoms with E-state index in [1.807, 2.05) is 11.9 Å². The summed E-state index contributed by atoms with van der Waals surface area (Å²) >= 11 is 0. The van der Waals surface area contributed by atoms with Crippen LogP contribution in [-0.4, -0.2) is 81.4 Å². The molecule has 11 nitrogen and oxygen atoms in total. The number of halogens is 1. The number of phenolic OH excluding ortho intramolecular Hbond substituents is 1. The third-order valence-corrected chi connectivity index (χ3v) is 6.74. The van der Waals surface area contributed by atoms with E-state index in [2.05, 4.69) is 31.2 Å². The summed E-state index contributed by atoms with van der Waals surface area (Å²) in [5, 5.41) is 22.7. The molecule has 0 bridgehead atoms. The molecule has 0 unspecified atom stereocenters. The van der Waals surface area contributed by atoms with Crippen LogP contribution in [0.25, 0.3) is 16.7 Å². The molecule has 0 spiro atoms. The Hall–Kier alpha value is -3.82. The predicted molar refractivity (Wildman–Crippen MR) is 130 cm³/mol. The lowest BCUT2D eigenvalue weighted by molar-refractivity contribution is 0.188. The number of aromatic hydroxyl groups is 1. The Bertz CT molecular complexity index is 1350. The summed E-state index contributed by atoms with van der Waals surface area (Å²) in [7, 11) is 2.03. The van der Waals surface area contributed by atoms with Crippen molar-refractivity contribution < 1.29 is 14.2 Å². The second-order valence-electron chi connectivity index (χ2n) is 9.10. The highest BCUT2D eigenvalue weighted by atomic mass is 19.1. The molecule has 0 radical (unpaired) electrons. The molecular weight excluding hydrogens is 467 g/mol. The molecule has 2 aliphatic heterocycles. The third kappa shape index (κ3) is 4.55. The number of hydrogen-bond donors (Lipinski definition) is 2. The fourth-order valence-corrected chi connectivity index (χ4v) is 4.79. The van der Waals surface area contributed by atoms with Gasteiger partial charge in [0.25, 0.3) is 5.56 Å². The van der Waals surface area contributed by atoms with Gasteiger partial charge in [-0.25, -0.2) is 9.37 Å².